The SMILES string of the molecule is COCC(O)CCNC(C)c1nc2ccccc2n1C. The van der Waals surface area contributed by atoms with Gasteiger partial charge in [-0.05, 0) is 32.0 Å². The molecule has 0 saturated carbocycles. The molecule has 2 aromatic rings. The van der Waals surface area contributed by atoms with Crippen molar-refractivity contribution >= 4 is 11.0 Å². The lowest BCUT2D eigenvalue weighted by Crippen LogP contribution is -2.26. The summed E-state index contributed by atoms with van der Waals surface area (Å²) >= 11 is 0. The predicted octanol–water partition coefficient (Wildman–Crippen LogP) is 1.62. The van der Waals surface area contributed by atoms with E-state index in [-0.39, 0.29) is 6.04 Å². The van der Waals surface area contributed by atoms with Gasteiger partial charge in [-0.15, -0.1) is 0 Å². The highest BCUT2D eigenvalue weighted by molar-refractivity contribution is 5.75. The molecule has 0 bridgehead atoms. The van der Waals surface area contributed by atoms with Crippen LogP contribution in [0.1, 0.15) is 25.2 Å². The molecular formula is C15H23N3O2. The minimum absolute atomic E-state index is 0.141. The number of rotatable bonds is 7. The number of hydrogen-bond donors (Lipinski definition) is 2. The van der Waals surface area contributed by atoms with E-state index in [0.717, 1.165) is 23.4 Å². The summed E-state index contributed by atoms with van der Waals surface area (Å²) in [4.78, 5) is 4.66. The summed E-state index contributed by atoms with van der Waals surface area (Å²) in [5.74, 6) is 1.01. The van der Waals surface area contributed by atoms with Crippen molar-refractivity contribution in [1.82, 2.24) is 14.9 Å². The maximum absolute atomic E-state index is 9.62. The number of aliphatic hydroxyl groups is 1. The smallest absolute Gasteiger partial charge is 0.126 e. The molecule has 0 radical (unpaired) electrons. The van der Waals surface area contributed by atoms with Gasteiger partial charge < -0.3 is 19.7 Å². The summed E-state index contributed by atoms with van der Waals surface area (Å²) < 4.78 is 7.02. The van der Waals surface area contributed by atoms with Gasteiger partial charge in [0.1, 0.15) is 5.82 Å². The van der Waals surface area contributed by atoms with Crippen molar-refractivity contribution in [1.29, 1.82) is 0 Å². The van der Waals surface area contributed by atoms with Crippen LogP contribution in [0.15, 0.2) is 24.3 Å². The summed E-state index contributed by atoms with van der Waals surface area (Å²) in [6, 6.07) is 8.25. The zero-order valence-electron chi connectivity index (χ0n) is 12.3. The third-order valence-electron chi connectivity index (χ3n) is 3.50. The monoisotopic (exact) mass is 277 g/mol. The number of methoxy groups -OCH3 is 1. The standard InChI is InChI=1S/C15H23N3O2/c1-11(16-9-8-12(19)10-20-3)15-17-13-6-4-5-7-14(13)18(15)2/h4-7,11-12,16,19H,8-10H2,1-3H3. The highest BCUT2D eigenvalue weighted by atomic mass is 16.5. The molecule has 2 rings (SSSR count). The Hall–Kier alpha value is -1.43. The van der Waals surface area contributed by atoms with E-state index in [4.69, 9.17) is 4.74 Å². The molecule has 0 saturated heterocycles. The molecule has 0 aliphatic carbocycles. The van der Waals surface area contributed by atoms with E-state index in [9.17, 15) is 5.11 Å². The molecule has 1 aromatic carbocycles. The molecule has 0 amide bonds. The number of ether oxygens (including phenoxy) is 1. The maximum Gasteiger partial charge on any atom is 0.126 e. The molecule has 110 valence electrons. The van der Waals surface area contributed by atoms with Crippen LogP contribution in [0.3, 0.4) is 0 Å². The predicted molar refractivity (Wildman–Crippen MR) is 79.6 cm³/mol. The van der Waals surface area contributed by atoms with Gasteiger partial charge in [0, 0.05) is 14.2 Å². The van der Waals surface area contributed by atoms with Crippen molar-refractivity contribution in [3.63, 3.8) is 0 Å². The molecular weight excluding hydrogens is 254 g/mol. The van der Waals surface area contributed by atoms with Crippen LogP contribution >= 0.6 is 0 Å². The number of nitrogens with one attached hydrogen (secondary N) is 1. The Labute approximate surface area is 119 Å². The third-order valence-corrected chi connectivity index (χ3v) is 3.50. The first-order valence-electron chi connectivity index (χ1n) is 6.95. The zero-order chi connectivity index (χ0) is 14.5. The third kappa shape index (κ3) is 3.36. The number of hydrogen-bond acceptors (Lipinski definition) is 4. The fourth-order valence-corrected chi connectivity index (χ4v) is 2.38. The Morgan fingerprint density at radius 1 is 1.40 bits per heavy atom. The van der Waals surface area contributed by atoms with Crippen molar-refractivity contribution in [2.45, 2.75) is 25.5 Å². The van der Waals surface area contributed by atoms with E-state index in [1.165, 1.54) is 0 Å². The van der Waals surface area contributed by atoms with Gasteiger partial charge in [0.2, 0.25) is 0 Å². The normalized spacial score (nSPS) is 14.6. The van der Waals surface area contributed by atoms with E-state index in [0.29, 0.717) is 13.0 Å². The van der Waals surface area contributed by atoms with Crippen LogP contribution < -0.4 is 5.32 Å². The molecule has 2 N–H and O–H groups in total. The average molecular weight is 277 g/mol. The Kier molecular flexibility index (Phi) is 5.11. The molecule has 0 fully saturated rings. The first kappa shape index (κ1) is 15.0. The second-order valence-corrected chi connectivity index (χ2v) is 5.09. The average Bonchev–Trinajstić information content (AvgIpc) is 2.77. The molecule has 5 nitrogen and oxygen atoms in total. The van der Waals surface area contributed by atoms with Gasteiger partial charge in [-0.2, -0.15) is 0 Å². The molecule has 1 heterocycles. The first-order valence-corrected chi connectivity index (χ1v) is 6.95. The second-order valence-electron chi connectivity index (χ2n) is 5.09. The fraction of sp³-hybridized carbons (Fsp3) is 0.533. The largest absolute Gasteiger partial charge is 0.391 e. The Morgan fingerprint density at radius 2 is 2.15 bits per heavy atom. The van der Waals surface area contributed by atoms with Crippen molar-refractivity contribution < 1.29 is 9.84 Å². The minimum Gasteiger partial charge on any atom is -0.391 e. The van der Waals surface area contributed by atoms with Gasteiger partial charge in [0.05, 0.1) is 29.8 Å². The molecule has 2 unspecified atom stereocenters. The number of benzene rings is 1. The van der Waals surface area contributed by atoms with Gasteiger partial charge in [-0.1, -0.05) is 12.1 Å². The van der Waals surface area contributed by atoms with E-state index >= 15 is 0 Å². The van der Waals surface area contributed by atoms with Gasteiger partial charge in [0.15, 0.2) is 0 Å². The van der Waals surface area contributed by atoms with Gasteiger partial charge in [-0.3, -0.25) is 0 Å². The number of aryl methyl sites for hydroxylation is 1. The molecule has 2 atom stereocenters. The van der Waals surface area contributed by atoms with Crippen LogP contribution in [-0.2, 0) is 11.8 Å². The molecule has 0 aliphatic heterocycles. The van der Waals surface area contributed by atoms with Crippen LogP contribution in [-0.4, -0.2) is 41.0 Å². The fourth-order valence-electron chi connectivity index (χ4n) is 2.38. The summed E-state index contributed by atoms with van der Waals surface area (Å²) in [6.45, 7) is 3.20. The molecule has 5 heteroatoms. The summed E-state index contributed by atoms with van der Waals surface area (Å²) in [5, 5.41) is 13.0. The van der Waals surface area contributed by atoms with E-state index < -0.39 is 6.10 Å². The Bertz CT molecular complexity index is 553. The van der Waals surface area contributed by atoms with Crippen molar-refractivity contribution in [3.05, 3.63) is 30.1 Å². The highest BCUT2D eigenvalue weighted by Crippen LogP contribution is 2.18. The van der Waals surface area contributed by atoms with E-state index in [1.807, 2.05) is 25.2 Å². The van der Waals surface area contributed by atoms with E-state index in [1.54, 1.807) is 7.11 Å². The molecule has 20 heavy (non-hydrogen) atoms. The van der Waals surface area contributed by atoms with Crippen LogP contribution in [0.25, 0.3) is 11.0 Å². The lowest BCUT2D eigenvalue weighted by molar-refractivity contribution is 0.0590. The number of para-hydroxylation sites is 2. The molecule has 0 aliphatic rings. The lowest BCUT2D eigenvalue weighted by Gasteiger charge is -2.15. The first-order chi connectivity index (χ1) is 9.63. The van der Waals surface area contributed by atoms with Crippen molar-refractivity contribution in [3.8, 4) is 0 Å². The summed E-state index contributed by atoms with van der Waals surface area (Å²) in [5.41, 5.74) is 2.15. The Morgan fingerprint density at radius 3 is 2.85 bits per heavy atom. The van der Waals surface area contributed by atoms with Crippen LogP contribution in [0, 0.1) is 0 Å². The van der Waals surface area contributed by atoms with Crippen LogP contribution in [0.2, 0.25) is 0 Å². The number of fused-ring (bicyclic) bond motifs is 1. The number of aliphatic hydroxyl groups excluding tert-OH is 1. The van der Waals surface area contributed by atoms with Crippen molar-refractivity contribution in [2.24, 2.45) is 7.05 Å². The van der Waals surface area contributed by atoms with E-state index in [2.05, 4.69) is 27.9 Å². The highest BCUT2D eigenvalue weighted by Gasteiger charge is 2.14. The second kappa shape index (κ2) is 6.83. The van der Waals surface area contributed by atoms with Gasteiger partial charge in [0.25, 0.3) is 0 Å². The summed E-state index contributed by atoms with van der Waals surface area (Å²) in [7, 11) is 3.63. The van der Waals surface area contributed by atoms with Gasteiger partial charge >= 0.3 is 0 Å². The number of nitrogens with zero attached hydrogens (tertiary/aromatic N) is 2. The minimum atomic E-state index is -0.417. The molecule has 0 spiro atoms. The number of imidazole rings is 1. The number of aromatic nitrogens is 2. The van der Waals surface area contributed by atoms with Crippen molar-refractivity contribution in [2.75, 3.05) is 20.3 Å². The topological polar surface area (TPSA) is 59.3 Å². The van der Waals surface area contributed by atoms with Crippen LogP contribution in [0.5, 0.6) is 0 Å². The maximum atomic E-state index is 9.62. The van der Waals surface area contributed by atoms with Crippen LogP contribution in [0.4, 0.5) is 0 Å². The lowest BCUT2D eigenvalue weighted by atomic mass is 10.2. The quantitative estimate of drug-likeness (QED) is 0.807. The Balaban J connectivity index is 1.97. The van der Waals surface area contributed by atoms with Gasteiger partial charge in [-0.25, -0.2) is 4.98 Å². The molecule has 1 aromatic heterocycles. The summed E-state index contributed by atoms with van der Waals surface area (Å²) in [6.07, 6.45) is 0.252. The zero-order valence-corrected chi connectivity index (χ0v) is 12.3.